The number of hydrogen-bond donors (Lipinski definition) is 4. The Labute approximate surface area is 220 Å². The van der Waals surface area contributed by atoms with Crippen molar-refractivity contribution in [2.45, 2.75) is 27.7 Å². The molecule has 10 heteroatoms. The van der Waals surface area contributed by atoms with Crippen molar-refractivity contribution in [1.29, 1.82) is 0 Å². The summed E-state index contributed by atoms with van der Waals surface area (Å²) in [5, 5.41) is 0. The summed E-state index contributed by atoms with van der Waals surface area (Å²) in [5.41, 5.74) is 13.4. The van der Waals surface area contributed by atoms with Crippen molar-refractivity contribution in [3.05, 3.63) is 94.0 Å². The number of hydrogen-bond acceptors (Lipinski definition) is 6. The lowest BCUT2D eigenvalue weighted by Gasteiger charge is -2.12. The maximum absolute atomic E-state index is 12.3. The highest BCUT2D eigenvalue weighted by atomic mass is 16.5. The summed E-state index contributed by atoms with van der Waals surface area (Å²) < 4.78 is 11.0. The lowest BCUT2D eigenvalue weighted by Crippen LogP contribution is -2.44. The number of rotatable bonds is 8. The van der Waals surface area contributed by atoms with E-state index in [1.807, 2.05) is 64.1 Å². The maximum atomic E-state index is 12.3. The minimum atomic E-state index is -0.575. The van der Waals surface area contributed by atoms with Crippen molar-refractivity contribution in [2.24, 2.45) is 0 Å². The molecule has 0 atom stereocenters. The fourth-order valence-electron chi connectivity index (χ4n) is 3.25. The Morgan fingerprint density at radius 1 is 0.553 bits per heavy atom. The van der Waals surface area contributed by atoms with Crippen molar-refractivity contribution >= 4 is 23.6 Å². The molecule has 0 aliphatic heterocycles. The van der Waals surface area contributed by atoms with Crippen molar-refractivity contribution < 1.29 is 28.7 Å². The molecular formula is C28H30N4O6. The van der Waals surface area contributed by atoms with E-state index in [4.69, 9.17) is 9.47 Å². The quantitative estimate of drug-likeness (QED) is 0.339. The van der Waals surface area contributed by atoms with Gasteiger partial charge in [-0.05, 0) is 86.3 Å². The summed E-state index contributed by atoms with van der Waals surface area (Å²) in [6.45, 7) is 7.03. The van der Waals surface area contributed by atoms with Crippen LogP contribution in [0.1, 0.15) is 43.0 Å². The number of ether oxygens (including phenoxy) is 2. The Kier molecular flexibility index (Phi) is 9.42. The predicted molar refractivity (Wildman–Crippen MR) is 140 cm³/mol. The van der Waals surface area contributed by atoms with Crippen LogP contribution in [0.4, 0.5) is 0 Å². The van der Waals surface area contributed by atoms with E-state index in [-0.39, 0.29) is 24.3 Å². The lowest BCUT2D eigenvalue weighted by atomic mass is 10.1. The maximum Gasteiger partial charge on any atom is 0.276 e. The highest BCUT2D eigenvalue weighted by Gasteiger charge is 2.12. The van der Waals surface area contributed by atoms with E-state index in [1.54, 1.807) is 0 Å². The van der Waals surface area contributed by atoms with E-state index < -0.39 is 23.6 Å². The Morgan fingerprint density at radius 3 is 1.29 bits per heavy atom. The molecule has 0 unspecified atom stereocenters. The number of nitrogens with one attached hydrogen (secondary N) is 4. The highest BCUT2D eigenvalue weighted by molar-refractivity contribution is 5.98. The Balaban J connectivity index is 1.41. The van der Waals surface area contributed by atoms with Crippen LogP contribution in [0.5, 0.6) is 11.5 Å². The first kappa shape index (κ1) is 27.7. The first-order valence-corrected chi connectivity index (χ1v) is 11.8. The third-order valence-corrected chi connectivity index (χ3v) is 5.45. The molecule has 3 rings (SSSR count). The summed E-state index contributed by atoms with van der Waals surface area (Å²) in [4.78, 5) is 48.7. The Hall–Kier alpha value is -4.86. The molecule has 3 aromatic carbocycles. The minimum absolute atomic E-state index is 0.211. The van der Waals surface area contributed by atoms with Crippen LogP contribution in [0.3, 0.4) is 0 Å². The zero-order valence-corrected chi connectivity index (χ0v) is 21.6. The second-order valence-electron chi connectivity index (χ2n) is 8.70. The zero-order chi connectivity index (χ0) is 27.7. The zero-order valence-electron chi connectivity index (χ0n) is 21.6. The van der Waals surface area contributed by atoms with Crippen LogP contribution in [0, 0.1) is 27.7 Å². The molecule has 0 radical (unpaired) electrons. The van der Waals surface area contributed by atoms with Crippen LogP contribution in [-0.4, -0.2) is 36.8 Å². The lowest BCUT2D eigenvalue weighted by molar-refractivity contribution is -0.124. The molecule has 0 aliphatic carbocycles. The molecule has 0 fully saturated rings. The highest BCUT2D eigenvalue weighted by Crippen LogP contribution is 2.19. The third-order valence-electron chi connectivity index (χ3n) is 5.45. The van der Waals surface area contributed by atoms with E-state index in [0.29, 0.717) is 11.5 Å². The molecular weight excluding hydrogens is 488 g/mol. The average molecular weight is 519 g/mol. The summed E-state index contributed by atoms with van der Waals surface area (Å²) in [5.74, 6) is -1.04. The monoisotopic (exact) mass is 518 g/mol. The van der Waals surface area contributed by atoms with E-state index >= 15 is 0 Å². The van der Waals surface area contributed by atoms with E-state index in [1.165, 1.54) is 24.3 Å². The number of benzene rings is 3. The molecule has 198 valence electrons. The molecule has 4 N–H and O–H groups in total. The smallest absolute Gasteiger partial charge is 0.276 e. The minimum Gasteiger partial charge on any atom is -0.483 e. The number of amides is 4. The molecule has 0 aliphatic rings. The van der Waals surface area contributed by atoms with Crippen LogP contribution in [0.15, 0.2) is 60.7 Å². The largest absolute Gasteiger partial charge is 0.483 e. The van der Waals surface area contributed by atoms with Gasteiger partial charge in [0.2, 0.25) is 0 Å². The van der Waals surface area contributed by atoms with Gasteiger partial charge < -0.3 is 9.47 Å². The van der Waals surface area contributed by atoms with Gasteiger partial charge >= 0.3 is 0 Å². The fourth-order valence-corrected chi connectivity index (χ4v) is 3.25. The molecule has 0 bridgehead atoms. The first-order chi connectivity index (χ1) is 18.1. The molecule has 4 amide bonds. The number of aryl methyl sites for hydroxylation is 4. The van der Waals surface area contributed by atoms with Gasteiger partial charge in [0, 0.05) is 11.1 Å². The number of hydrazine groups is 2. The normalized spacial score (nSPS) is 10.2. The third kappa shape index (κ3) is 8.09. The van der Waals surface area contributed by atoms with E-state index in [0.717, 1.165) is 22.3 Å². The Bertz CT molecular complexity index is 1240. The van der Waals surface area contributed by atoms with Gasteiger partial charge in [-0.15, -0.1) is 0 Å². The fraction of sp³-hybridized carbons (Fsp3) is 0.214. The van der Waals surface area contributed by atoms with Crippen LogP contribution in [0.25, 0.3) is 0 Å². The number of carbonyl (C=O) groups excluding carboxylic acids is 4. The summed E-state index contributed by atoms with van der Waals surface area (Å²) >= 11 is 0. The molecule has 3 aromatic rings. The molecule has 38 heavy (non-hydrogen) atoms. The van der Waals surface area contributed by atoms with Gasteiger partial charge in [0.15, 0.2) is 13.2 Å². The van der Waals surface area contributed by atoms with E-state index in [9.17, 15) is 19.2 Å². The van der Waals surface area contributed by atoms with Crippen LogP contribution >= 0.6 is 0 Å². The van der Waals surface area contributed by atoms with Gasteiger partial charge in [0.25, 0.3) is 23.6 Å². The van der Waals surface area contributed by atoms with Crippen molar-refractivity contribution in [3.63, 3.8) is 0 Å². The van der Waals surface area contributed by atoms with Gasteiger partial charge in [0.1, 0.15) is 11.5 Å². The summed E-state index contributed by atoms with van der Waals surface area (Å²) in [7, 11) is 0. The van der Waals surface area contributed by atoms with Crippen LogP contribution in [0.2, 0.25) is 0 Å². The van der Waals surface area contributed by atoms with E-state index in [2.05, 4.69) is 21.7 Å². The molecule has 0 aromatic heterocycles. The van der Waals surface area contributed by atoms with Crippen molar-refractivity contribution in [2.75, 3.05) is 13.2 Å². The van der Waals surface area contributed by atoms with Crippen LogP contribution < -0.4 is 31.2 Å². The molecule has 10 nitrogen and oxygen atoms in total. The predicted octanol–water partition coefficient (Wildman–Crippen LogP) is 2.60. The van der Waals surface area contributed by atoms with Gasteiger partial charge in [-0.25, -0.2) is 0 Å². The van der Waals surface area contributed by atoms with Gasteiger partial charge in [-0.3, -0.25) is 40.9 Å². The average Bonchev–Trinajstić information content (AvgIpc) is 2.91. The molecule has 0 saturated carbocycles. The summed E-state index contributed by atoms with van der Waals surface area (Å²) in [6.07, 6.45) is 0. The van der Waals surface area contributed by atoms with Gasteiger partial charge in [-0.2, -0.15) is 0 Å². The SMILES string of the molecule is Cc1ccc(C)c(OCC(=O)NNC(=O)c2ccc(C(=O)NNC(=O)COc3cc(C)ccc3C)cc2)c1. The van der Waals surface area contributed by atoms with Gasteiger partial charge in [-0.1, -0.05) is 24.3 Å². The molecule has 0 heterocycles. The van der Waals surface area contributed by atoms with Crippen molar-refractivity contribution in [1.82, 2.24) is 21.7 Å². The molecule has 0 spiro atoms. The second kappa shape index (κ2) is 12.9. The molecule has 0 saturated heterocycles. The van der Waals surface area contributed by atoms with Gasteiger partial charge in [0.05, 0.1) is 0 Å². The number of carbonyl (C=O) groups is 4. The van der Waals surface area contributed by atoms with Crippen LogP contribution in [-0.2, 0) is 9.59 Å². The summed E-state index contributed by atoms with van der Waals surface area (Å²) in [6, 6.07) is 17.0. The first-order valence-electron chi connectivity index (χ1n) is 11.8. The topological polar surface area (TPSA) is 135 Å². The standard InChI is InChI=1S/C28H30N4O6/c1-17-5-7-19(3)23(13-17)37-15-25(33)29-31-27(35)21-9-11-22(12-10-21)28(36)32-30-26(34)16-38-24-14-18(2)6-8-20(24)4/h5-14H,15-16H2,1-4H3,(H,29,33)(H,30,34)(H,31,35)(H,32,36). The second-order valence-corrected chi connectivity index (χ2v) is 8.70. The van der Waals surface area contributed by atoms with Crippen molar-refractivity contribution in [3.8, 4) is 11.5 Å². The Morgan fingerprint density at radius 2 is 0.921 bits per heavy atom.